The van der Waals surface area contributed by atoms with E-state index in [0.29, 0.717) is 44.7 Å². The smallest absolute Gasteiger partial charge is 0.416 e. The van der Waals surface area contributed by atoms with Crippen LogP contribution in [0.5, 0.6) is 0 Å². The number of likely N-dealkylation sites (tertiary alicyclic amines) is 1. The molecule has 2 aliphatic rings. The van der Waals surface area contributed by atoms with Crippen LogP contribution in [0.15, 0.2) is 48.5 Å². The van der Waals surface area contributed by atoms with Gasteiger partial charge in [0.05, 0.1) is 11.1 Å². The minimum Gasteiger partial charge on any atom is -0.465 e. The first-order chi connectivity index (χ1) is 17.3. The van der Waals surface area contributed by atoms with Gasteiger partial charge in [-0.3, -0.25) is 9.69 Å². The molecule has 0 unspecified atom stereocenters. The summed E-state index contributed by atoms with van der Waals surface area (Å²) in [5.41, 5.74) is -2.85. The number of rotatable bonds is 3. The Hall–Kier alpha value is -3.28. The average molecular weight is 529 g/mol. The van der Waals surface area contributed by atoms with Crippen molar-refractivity contribution >= 4 is 12.0 Å². The number of hydrogen-bond donors (Lipinski definition) is 1. The molecule has 2 aliphatic heterocycles. The molecule has 0 saturated carbocycles. The van der Waals surface area contributed by atoms with Crippen molar-refractivity contribution in [3.05, 3.63) is 70.8 Å². The van der Waals surface area contributed by atoms with E-state index in [9.17, 15) is 41.0 Å². The van der Waals surface area contributed by atoms with Crippen LogP contribution in [-0.4, -0.2) is 77.1 Å². The maximum atomic E-state index is 13.3. The molecule has 2 heterocycles. The summed E-state index contributed by atoms with van der Waals surface area (Å²) in [7, 11) is 0. The fourth-order valence-electron chi connectivity index (χ4n) is 5.09. The summed E-state index contributed by atoms with van der Waals surface area (Å²) in [5.74, 6) is -1.16. The third-order valence-corrected chi connectivity index (χ3v) is 6.98. The maximum Gasteiger partial charge on any atom is 0.416 e. The quantitative estimate of drug-likeness (QED) is 0.568. The number of piperidine rings is 1. The third kappa shape index (κ3) is 6.00. The van der Waals surface area contributed by atoms with Crippen molar-refractivity contribution in [3.8, 4) is 0 Å². The second-order valence-corrected chi connectivity index (χ2v) is 9.22. The molecule has 2 amide bonds. The lowest BCUT2D eigenvalue weighted by molar-refractivity contribution is -0.143. The highest BCUT2D eigenvalue weighted by Crippen LogP contribution is 2.37. The van der Waals surface area contributed by atoms with Crippen LogP contribution < -0.4 is 0 Å². The summed E-state index contributed by atoms with van der Waals surface area (Å²) < 4.78 is 79.9. The van der Waals surface area contributed by atoms with E-state index in [2.05, 4.69) is 4.90 Å². The highest BCUT2D eigenvalue weighted by Gasteiger charge is 2.40. The molecule has 2 saturated heterocycles. The molecule has 2 atom stereocenters. The zero-order valence-corrected chi connectivity index (χ0v) is 19.6. The molecule has 0 bridgehead atoms. The number of carboxylic acid groups (broad SMARTS) is 1. The lowest BCUT2D eigenvalue weighted by atomic mass is 9.84. The summed E-state index contributed by atoms with van der Waals surface area (Å²) in [6.45, 7) is 1.85. The van der Waals surface area contributed by atoms with Gasteiger partial charge in [-0.15, -0.1) is 0 Å². The van der Waals surface area contributed by atoms with Crippen molar-refractivity contribution in [1.29, 1.82) is 0 Å². The molecule has 0 aliphatic carbocycles. The van der Waals surface area contributed by atoms with Gasteiger partial charge in [-0.2, -0.15) is 26.3 Å². The third-order valence-electron chi connectivity index (χ3n) is 6.98. The molecule has 12 heteroatoms. The molecule has 1 N–H and O–H groups in total. The Labute approximate surface area is 209 Å². The van der Waals surface area contributed by atoms with Crippen molar-refractivity contribution < 1.29 is 41.0 Å². The standard InChI is InChI=1S/C25H25F6N3O3/c26-24(27,28)18-12-17(13-19(14-18)25(29,30)31)22(35)34-7-6-21(20(15-34)16-4-2-1-3-5-16)32-8-10-33(11-9-32)23(36)37/h1-5,12-14,20-21H,6-11,15H2,(H,36,37)/t20-,21-/m1/s1. The van der Waals surface area contributed by atoms with Gasteiger partial charge in [0.25, 0.3) is 5.91 Å². The van der Waals surface area contributed by atoms with Gasteiger partial charge in [0.2, 0.25) is 0 Å². The SMILES string of the molecule is O=C(O)N1CCN([C@@H]2CCN(C(=O)c3cc(C(F)(F)F)cc(C(F)(F)F)c3)C[C@@H]2c2ccccc2)CC1. The summed E-state index contributed by atoms with van der Waals surface area (Å²) in [5, 5.41) is 9.23. The van der Waals surface area contributed by atoms with Crippen LogP contribution >= 0.6 is 0 Å². The Kier molecular flexibility index (Phi) is 7.40. The lowest BCUT2D eigenvalue weighted by Crippen LogP contribution is -2.57. The van der Waals surface area contributed by atoms with E-state index >= 15 is 0 Å². The zero-order valence-electron chi connectivity index (χ0n) is 19.6. The topological polar surface area (TPSA) is 64.1 Å². The highest BCUT2D eigenvalue weighted by atomic mass is 19.4. The van der Waals surface area contributed by atoms with Gasteiger partial charge in [-0.1, -0.05) is 30.3 Å². The number of hydrogen-bond acceptors (Lipinski definition) is 3. The predicted octanol–water partition coefficient (Wildman–Crippen LogP) is 5.02. The monoisotopic (exact) mass is 529 g/mol. The first kappa shape index (κ1) is 26.8. The first-order valence-corrected chi connectivity index (χ1v) is 11.7. The second kappa shape index (κ2) is 10.2. The molecule has 6 nitrogen and oxygen atoms in total. The predicted molar refractivity (Wildman–Crippen MR) is 121 cm³/mol. The van der Waals surface area contributed by atoms with Crippen LogP contribution in [0.2, 0.25) is 0 Å². The van der Waals surface area contributed by atoms with E-state index in [-0.39, 0.29) is 31.1 Å². The second-order valence-electron chi connectivity index (χ2n) is 9.22. The largest absolute Gasteiger partial charge is 0.465 e. The Bertz CT molecular complexity index is 1100. The number of piperazine rings is 1. The van der Waals surface area contributed by atoms with Crippen LogP contribution in [0.1, 0.15) is 39.4 Å². The normalized spacial score (nSPS) is 21.7. The van der Waals surface area contributed by atoms with E-state index in [1.54, 1.807) is 0 Å². The van der Waals surface area contributed by atoms with Crippen molar-refractivity contribution in [3.63, 3.8) is 0 Å². The van der Waals surface area contributed by atoms with Gasteiger partial charge < -0.3 is 14.9 Å². The van der Waals surface area contributed by atoms with Crippen LogP contribution in [0.4, 0.5) is 31.1 Å². The zero-order chi connectivity index (χ0) is 27.0. The summed E-state index contributed by atoms with van der Waals surface area (Å²) in [6, 6.07) is 10.0. The van der Waals surface area contributed by atoms with Crippen LogP contribution in [0.3, 0.4) is 0 Å². The van der Waals surface area contributed by atoms with Gasteiger partial charge >= 0.3 is 18.4 Å². The van der Waals surface area contributed by atoms with Crippen LogP contribution in [-0.2, 0) is 12.4 Å². The number of benzene rings is 2. The molecular formula is C25H25F6N3O3. The fraction of sp³-hybridized carbons (Fsp3) is 0.440. The fourth-order valence-corrected chi connectivity index (χ4v) is 5.09. The van der Waals surface area contributed by atoms with Crippen molar-refractivity contribution in [2.75, 3.05) is 39.3 Å². The Morgan fingerprint density at radius 1 is 0.784 bits per heavy atom. The molecule has 37 heavy (non-hydrogen) atoms. The maximum absolute atomic E-state index is 13.3. The number of halogens is 6. The number of alkyl halides is 6. The van der Waals surface area contributed by atoms with E-state index in [1.807, 2.05) is 30.3 Å². The summed E-state index contributed by atoms with van der Waals surface area (Å²) in [6.07, 6.45) is -10.7. The molecule has 2 aromatic carbocycles. The summed E-state index contributed by atoms with van der Waals surface area (Å²) >= 11 is 0. The van der Waals surface area contributed by atoms with Crippen molar-refractivity contribution in [1.82, 2.24) is 14.7 Å². The number of carbonyl (C=O) groups excluding carboxylic acids is 1. The minimum absolute atomic E-state index is 0.00650. The molecule has 4 rings (SSSR count). The van der Waals surface area contributed by atoms with Gasteiger partial charge in [-0.25, -0.2) is 4.79 Å². The Balaban J connectivity index is 1.61. The van der Waals surface area contributed by atoms with E-state index in [1.165, 1.54) is 9.80 Å². The van der Waals surface area contributed by atoms with Gasteiger partial charge in [-0.05, 0) is 30.2 Å². The Morgan fingerprint density at radius 3 is 1.86 bits per heavy atom. The van der Waals surface area contributed by atoms with Crippen molar-refractivity contribution in [2.24, 2.45) is 0 Å². The first-order valence-electron chi connectivity index (χ1n) is 11.7. The van der Waals surface area contributed by atoms with Crippen molar-refractivity contribution in [2.45, 2.75) is 30.7 Å². The van der Waals surface area contributed by atoms with E-state index in [4.69, 9.17) is 0 Å². The molecule has 2 aromatic rings. The van der Waals surface area contributed by atoms with Crippen LogP contribution in [0, 0.1) is 0 Å². The molecule has 2 fully saturated rings. The minimum atomic E-state index is -5.05. The lowest BCUT2D eigenvalue weighted by Gasteiger charge is -2.46. The molecular weight excluding hydrogens is 504 g/mol. The number of amides is 2. The van der Waals surface area contributed by atoms with E-state index < -0.39 is 41.0 Å². The molecule has 0 radical (unpaired) electrons. The van der Waals surface area contributed by atoms with E-state index in [0.717, 1.165) is 5.56 Å². The van der Waals surface area contributed by atoms with Gasteiger partial charge in [0, 0.05) is 56.8 Å². The number of nitrogens with zero attached hydrogens (tertiary/aromatic N) is 3. The summed E-state index contributed by atoms with van der Waals surface area (Å²) in [4.78, 5) is 29.3. The van der Waals surface area contributed by atoms with Gasteiger partial charge in [0.15, 0.2) is 0 Å². The molecule has 200 valence electrons. The Morgan fingerprint density at radius 2 is 1.35 bits per heavy atom. The number of carbonyl (C=O) groups is 2. The van der Waals surface area contributed by atoms with Gasteiger partial charge in [0.1, 0.15) is 0 Å². The van der Waals surface area contributed by atoms with Crippen LogP contribution in [0.25, 0.3) is 0 Å². The molecule has 0 aromatic heterocycles. The molecule has 0 spiro atoms. The highest BCUT2D eigenvalue weighted by molar-refractivity contribution is 5.95. The average Bonchev–Trinajstić information content (AvgIpc) is 2.87.